The Labute approximate surface area is 255 Å². The molecular weight excluding hydrogens is 585 g/mol. The van der Waals surface area contributed by atoms with Gasteiger partial charge in [-0.15, -0.1) is 23.7 Å². The van der Waals surface area contributed by atoms with Crippen molar-refractivity contribution in [3.63, 3.8) is 0 Å². The fraction of sp³-hybridized carbons (Fsp3) is 0.464. The first-order chi connectivity index (χ1) is 18.9. The van der Waals surface area contributed by atoms with Crippen molar-refractivity contribution < 1.29 is 14.7 Å². The predicted octanol–water partition coefficient (Wildman–Crippen LogP) is 4.88. The van der Waals surface area contributed by atoms with Gasteiger partial charge in [-0.25, -0.2) is 15.0 Å². The van der Waals surface area contributed by atoms with Crippen LogP contribution in [0.3, 0.4) is 0 Å². The average Bonchev–Trinajstić information content (AvgIpc) is 3.37. The van der Waals surface area contributed by atoms with E-state index in [1.165, 1.54) is 11.3 Å². The van der Waals surface area contributed by atoms with Gasteiger partial charge in [-0.2, -0.15) is 0 Å². The number of amides is 1. The van der Waals surface area contributed by atoms with Gasteiger partial charge in [0, 0.05) is 55.6 Å². The van der Waals surface area contributed by atoms with E-state index in [0.29, 0.717) is 54.1 Å². The van der Waals surface area contributed by atoms with Crippen LogP contribution in [0.4, 0.5) is 11.6 Å². The van der Waals surface area contributed by atoms with Crippen molar-refractivity contribution in [3.8, 4) is 10.4 Å². The number of anilines is 2. The number of carbonyl (C=O) groups is 2. The first-order valence-electron chi connectivity index (χ1n) is 13.3. The molecule has 3 heterocycles. The summed E-state index contributed by atoms with van der Waals surface area (Å²) >= 11 is 7.67. The number of carboxylic acids is 1. The number of aromatic nitrogens is 3. The van der Waals surface area contributed by atoms with E-state index < -0.39 is 11.5 Å². The Kier molecular flexibility index (Phi) is 11.1. The number of carbonyl (C=O) groups excluding carboxylic acids is 1. The number of nitrogens with two attached hydrogens (primary N) is 1. The van der Waals surface area contributed by atoms with Crippen molar-refractivity contribution in [2.24, 2.45) is 11.7 Å². The van der Waals surface area contributed by atoms with Crippen LogP contribution in [0.5, 0.6) is 0 Å². The number of nitrogens with one attached hydrogen (secondary N) is 1. The summed E-state index contributed by atoms with van der Waals surface area (Å²) < 4.78 is 0. The molecule has 2 aromatic heterocycles. The summed E-state index contributed by atoms with van der Waals surface area (Å²) in [4.78, 5) is 43.3. The summed E-state index contributed by atoms with van der Waals surface area (Å²) in [5, 5.41) is 13.5. The van der Waals surface area contributed by atoms with Gasteiger partial charge in [0.15, 0.2) is 5.01 Å². The molecular formula is C28H37Cl2N7O3S. The van der Waals surface area contributed by atoms with Crippen LogP contribution in [-0.2, 0) is 4.79 Å². The number of aryl methyl sites for hydroxylation is 2. The average molecular weight is 623 g/mol. The first kappa shape index (κ1) is 32.7. The molecule has 0 aliphatic carbocycles. The molecule has 1 aliphatic rings. The molecule has 4 rings (SSSR count). The minimum Gasteiger partial charge on any atom is -0.480 e. The molecule has 41 heavy (non-hydrogen) atoms. The summed E-state index contributed by atoms with van der Waals surface area (Å²) in [6.45, 7) is 11.3. The zero-order valence-corrected chi connectivity index (χ0v) is 26.1. The Bertz CT molecular complexity index is 1360. The second-order valence-electron chi connectivity index (χ2n) is 10.7. The lowest BCUT2D eigenvalue weighted by Crippen LogP contribution is -2.53. The normalized spacial score (nSPS) is 15.3. The molecule has 0 saturated carbocycles. The van der Waals surface area contributed by atoms with E-state index in [1.807, 2.05) is 39.0 Å². The number of hydrogen-bond acceptors (Lipinski definition) is 9. The van der Waals surface area contributed by atoms with Crippen LogP contribution in [0.25, 0.3) is 10.4 Å². The van der Waals surface area contributed by atoms with Gasteiger partial charge in [-0.3, -0.25) is 14.5 Å². The highest BCUT2D eigenvalue weighted by atomic mass is 35.5. The van der Waals surface area contributed by atoms with Crippen LogP contribution >= 0.6 is 35.3 Å². The Morgan fingerprint density at radius 3 is 2.54 bits per heavy atom. The number of thiazole rings is 1. The van der Waals surface area contributed by atoms with Crippen molar-refractivity contribution in [1.82, 2.24) is 19.9 Å². The van der Waals surface area contributed by atoms with Crippen molar-refractivity contribution in [2.75, 3.05) is 42.9 Å². The molecule has 4 N–H and O–H groups in total. The molecule has 222 valence electrons. The van der Waals surface area contributed by atoms with Gasteiger partial charge in [-0.1, -0.05) is 37.6 Å². The van der Waals surface area contributed by atoms with Gasteiger partial charge in [0.1, 0.15) is 23.0 Å². The molecule has 1 fully saturated rings. The maximum Gasteiger partial charge on any atom is 0.323 e. The number of benzene rings is 1. The number of piperazine rings is 1. The van der Waals surface area contributed by atoms with Crippen LogP contribution in [0.1, 0.15) is 47.9 Å². The third-order valence-corrected chi connectivity index (χ3v) is 8.33. The van der Waals surface area contributed by atoms with Crippen LogP contribution in [0.15, 0.2) is 30.5 Å². The number of carboxylic acid groups (broad SMARTS) is 1. The lowest BCUT2D eigenvalue weighted by molar-refractivity contribution is -0.144. The number of rotatable bonds is 10. The molecule has 1 saturated heterocycles. The zero-order valence-electron chi connectivity index (χ0n) is 23.7. The van der Waals surface area contributed by atoms with E-state index in [-0.39, 0.29) is 24.2 Å². The Morgan fingerprint density at radius 2 is 1.90 bits per heavy atom. The monoisotopic (exact) mass is 621 g/mol. The first-order valence-corrected chi connectivity index (χ1v) is 14.5. The second-order valence-corrected chi connectivity index (χ2v) is 12.1. The molecule has 0 radical (unpaired) electrons. The summed E-state index contributed by atoms with van der Waals surface area (Å²) in [5.41, 5.74) is 6.91. The van der Waals surface area contributed by atoms with Gasteiger partial charge in [0.2, 0.25) is 0 Å². The number of halogens is 2. The standard InChI is InChI=1S/C28H36ClN7O3S.ClH/c1-17(2)15-28(30,27(38)39)8-9-35-10-12-36(13-11-35)23-14-22(32-19(4)33-23)34-25(37)26-31-16-21(40-26)24-18(3)6-5-7-20(24)29;/h5-7,14,16-17H,8-13,15,30H2,1-4H3,(H,38,39)(H,32,33,34,37);1H/t28-;/m1./s1. The molecule has 10 nitrogen and oxygen atoms in total. The fourth-order valence-electron chi connectivity index (χ4n) is 4.97. The van der Waals surface area contributed by atoms with Gasteiger partial charge in [-0.05, 0) is 44.2 Å². The molecule has 0 unspecified atom stereocenters. The maximum absolute atomic E-state index is 13.0. The summed E-state index contributed by atoms with van der Waals surface area (Å²) in [5.74, 6) is 0.595. The van der Waals surface area contributed by atoms with Crippen LogP contribution in [0.2, 0.25) is 5.02 Å². The molecule has 13 heteroatoms. The largest absolute Gasteiger partial charge is 0.480 e. The number of aliphatic carboxylic acids is 1. The van der Waals surface area contributed by atoms with Crippen LogP contribution in [-0.4, -0.2) is 75.1 Å². The molecule has 1 aliphatic heterocycles. The van der Waals surface area contributed by atoms with Gasteiger partial charge in [0.05, 0.1) is 4.88 Å². The number of hydrogen-bond donors (Lipinski definition) is 3. The fourth-order valence-corrected chi connectivity index (χ4v) is 6.28. The topological polar surface area (TPSA) is 138 Å². The van der Waals surface area contributed by atoms with E-state index in [1.54, 1.807) is 19.2 Å². The molecule has 1 amide bonds. The van der Waals surface area contributed by atoms with E-state index in [0.717, 1.165) is 34.9 Å². The Morgan fingerprint density at radius 1 is 1.20 bits per heavy atom. The van der Waals surface area contributed by atoms with Crippen LogP contribution < -0.4 is 16.0 Å². The highest BCUT2D eigenvalue weighted by Crippen LogP contribution is 2.35. The van der Waals surface area contributed by atoms with Gasteiger partial charge >= 0.3 is 5.97 Å². The third kappa shape index (κ3) is 8.14. The highest BCUT2D eigenvalue weighted by Gasteiger charge is 2.35. The molecule has 0 spiro atoms. The maximum atomic E-state index is 13.0. The lowest BCUT2D eigenvalue weighted by Gasteiger charge is -2.37. The van der Waals surface area contributed by atoms with E-state index in [4.69, 9.17) is 17.3 Å². The molecule has 3 aromatic rings. The van der Waals surface area contributed by atoms with Gasteiger partial charge < -0.3 is 21.1 Å². The quantitative estimate of drug-likeness (QED) is 0.289. The Balaban J connectivity index is 0.00000462. The van der Waals surface area contributed by atoms with Crippen LogP contribution in [0, 0.1) is 19.8 Å². The van der Waals surface area contributed by atoms with E-state index >= 15 is 0 Å². The van der Waals surface area contributed by atoms with Crippen molar-refractivity contribution in [3.05, 3.63) is 51.9 Å². The highest BCUT2D eigenvalue weighted by molar-refractivity contribution is 7.17. The summed E-state index contributed by atoms with van der Waals surface area (Å²) in [7, 11) is 0. The van der Waals surface area contributed by atoms with Crippen molar-refractivity contribution in [2.45, 2.75) is 46.1 Å². The minimum atomic E-state index is -1.22. The van der Waals surface area contributed by atoms with E-state index in [9.17, 15) is 14.7 Å². The zero-order chi connectivity index (χ0) is 29.0. The minimum absolute atomic E-state index is 0. The second kappa shape index (κ2) is 13.9. The molecule has 1 aromatic carbocycles. The van der Waals surface area contributed by atoms with Crippen molar-refractivity contribution >= 4 is 58.9 Å². The lowest BCUT2D eigenvalue weighted by atomic mass is 9.86. The number of nitrogens with zero attached hydrogens (tertiary/aromatic N) is 5. The smallest absolute Gasteiger partial charge is 0.323 e. The predicted molar refractivity (Wildman–Crippen MR) is 167 cm³/mol. The SMILES string of the molecule is Cc1nc(NC(=O)c2ncc(-c3c(C)cccc3Cl)s2)cc(N2CCN(CC[C@@](N)(CC(C)C)C(=O)O)CC2)n1.Cl. The van der Waals surface area contributed by atoms with E-state index in [2.05, 4.69) is 30.1 Å². The molecule has 0 bridgehead atoms. The third-order valence-electron chi connectivity index (χ3n) is 7.00. The van der Waals surface area contributed by atoms with Gasteiger partial charge in [0.25, 0.3) is 5.91 Å². The molecule has 1 atom stereocenters. The Hall–Kier alpha value is -2.83. The van der Waals surface area contributed by atoms with Crippen molar-refractivity contribution in [1.29, 1.82) is 0 Å². The summed E-state index contributed by atoms with van der Waals surface area (Å²) in [6, 6.07) is 7.45. The summed E-state index contributed by atoms with van der Waals surface area (Å²) in [6.07, 6.45) is 2.51.